The summed E-state index contributed by atoms with van der Waals surface area (Å²) in [5.41, 5.74) is 0.864. The summed E-state index contributed by atoms with van der Waals surface area (Å²) in [4.78, 5) is 13.5. The molecule has 0 amide bonds. The summed E-state index contributed by atoms with van der Waals surface area (Å²) < 4.78 is 4.83. The molecule has 0 spiro atoms. The molecule has 0 radical (unpaired) electrons. The van der Waals surface area contributed by atoms with Crippen molar-refractivity contribution in [2.45, 2.75) is 34.1 Å². The third kappa shape index (κ3) is 8.74. The van der Waals surface area contributed by atoms with Gasteiger partial charge in [0, 0.05) is 18.3 Å². The van der Waals surface area contributed by atoms with Crippen molar-refractivity contribution >= 4 is 5.97 Å². The van der Waals surface area contributed by atoms with Gasteiger partial charge in [-0.2, -0.15) is 0 Å². The van der Waals surface area contributed by atoms with Crippen LogP contribution in [-0.4, -0.2) is 43.7 Å². The average molecular weight is 242 g/mol. The Morgan fingerprint density at radius 1 is 1.29 bits per heavy atom. The van der Waals surface area contributed by atoms with E-state index in [1.165, 1.54) is 6.08 Å². The summed E-state index contributed by atoms with van der Waals surface area (Å²) in [6.07, 6.45) is 2.58. The predicted octanol–water partition coefficient (Wildman–Crippen LogP) is 1.77. The lowest BCUT2D eigenvalue weighted by Gasteiger charge is -2.17. The molecule has 0 saturated carbocycles. The molecule has 0 atom stereocenters. The van der Waals surface area contributed by atoms with Crippen LogP contribution in [0.2, 0.25) is 0 Å². The normalized spacial score (nSPS) is 11.7. The summed E-state index contributed by atoms with van der Waals surface area (Å²) >= 11 is 0. The van der Waals surface area contributed by atoms with Gasteiger partial charge in [-0.25, -0.2) is 4.79 Å². The van der Waals surface area contributed by atoms with Gasteiger partial charge in [-0.3, -0.25) is 0 Å². The van der Waals surface area contributed by atoms with Crippen molar-refractivity contribution < 1.29 is 9.53 Å². The molecule has 0 unspecified atom stereocenters. The molecule has 0 aliphatic rings. The van der Waals surface area contributed by atoms with Crippen LogP contribution in [-0.2, 0) is 9.53 Å². The van der Waals surface area contributed by atoms with Gasteiger partial charge in [0.1, 0.15) is 0 Å². The topological polar surface area (TPSA) is 41.6 Å². The molecule has 0 aromatic carbocycles. The van der Waals surface area contributed by atoms with Gasteiger partial charge in [-0.05, 0) is 39.9 Å². The lowest BCUT2D eigenvalue weighted by atomic mass is 10.3. The molecule has 0 bridgehead atoms. The smallest absolute Gasteiger partial charge is 0.332 e. The Bertz CT molecular complexity index is 236. The number of ether oxygens (including phenoxy) is 1. The second-order valence-electron chi connectivity index (χ2n) is 3.89. The van der Waals surface area contributed by atoms with Crippen LogP contribution in [0.25, 0.3) is 0 Å². The molecular formula is C13H26N2O2. The lowest BCUT2D eigenvalue weighted by Crippen LogP contribution is -2.26. The Balaban J connectivity index is 3.70. The number of allylic oxidation sites excluding steroid dienone is 1. The minimum atomic E-state index is -0.277. The summed E-state index contributed by atoms with van der Waals surface area (Å²) in [5, 5.41) is 3.21. The van der Waals surface area contributed by atoms with Gasteiger partial charge in [-0.15, -0.1) is 0 Å². The van der Waals surface area contributed by atoms with Crippen molar-refractivity contribution in [3.63, 3.8) is 0 Å². The number of carbonyl (C=O) groups is 1. The highest BCUT2D eigenvalue weighted by atomic mass is 16.5. The van der Waals surface area contributed by atoms with Gasteiger partial charge < -0.3 is 15.0 Å². The first kappa shape index (κ1) is 16.0. The van der Waals surface area contributed by atoms with Crippen LogP contribution in [0, 0.1) is 0 Å². The molecule has 0 rings (SSSR count). The third-order valence-corrected chi connectivity index (χ3v) is 2.57. The van der Waals surface area contributed by atoms with E-state index in [0.717, 1.165) is 38.3 Å². The van der Waals surface area contributed by atoms with E-state index in [4.69, 9.17) is 4.74 Å². The third-order valence-electron chi connectivity index (χ3n) is 2.57. The van der Waals surface area contributed by atoms with Crippen LogP contribution in [0.5, 0.6) is 0 Å². The summed E-state index contributed by atoms with van der Waals surface area (Å²) in [7, 11) is 0. The number of hydrogen-bond acceptors (Lipinski definition) is 4. The molecule has 1 N–H and O–H groups in total. The van der Waals surface area contributed by atoms with Crippen LogP contribution in [0.3, 0.4) is 0 Å². The average Bonchev–Trinajstić information content (AvgIpc) is 2.29. The van der Waals surface area contributed by atoms with Crippen molar-refractivity contribution in [1.29, 1.82) is 0 Å². The predicted molar refractivity (Wildman–Crippen MR) is 70.8 cm³/mol. The monoisotopic (exact) mass is 242 g/mol. The van der Waals surface area contributed by atoms with Crippen molar-refractivity contribution in [1.82, 2.24) is 10.2 Å². The Morgan fingerprint density at radius 3 is 2.47 bits per heavy atom. The van der Waals surface area contributed by atoms with Crippen LogP contribution in [0.1, 0.15) is 34.1 Å². The fourth-order valence-electron chi connectivity index (χ4n) is 1.54. The Kier molecular flexibility index (Phi) is 9.53. The Labute approximate surface area is 105 Å². The second kappa shape index (κ2) is 10.1. The van der Waals surface area contributed by atoms with Crippen LogP contribution < -0.4 is 5.32 Å². The van der Waals surface area contributed by atoms with Crippen LogP contribution in [0.4, 0.5) is 0 Å². The van der Waals surface area contributed by atoms with E-state index in [1.807, 2.05) is 6.92 Å². The van der Waals surface area contributed by atoms with E-state index < -0.39 is 0 Å². The number of esters is 1. The van der Waals surface area contributed by atoms with Crippen molar-refractivity contribution in [3.8, 4) is 0 Å². The highest BCUT2D eigenvalue weighted by Gasteiger charge is 1.99. The molecule has 100 valence electrons. The van der Waals surface area contributed by atoms with E-state index >= 15 is 0 Å². The summed E-state index contributed by atoms with van der Waals surface area (Å²) in [6, 6.07) is 0. The first-order valence-corrected chi connectivity index (χ1v) is 6.45. The van der Waals surface area contributed by atoms with Crippen molar-refractivity contribution in [3.05, 3.63) is 11.8 Å². The molecule has 0 saturated heterocycles. The fourth-order valence-corrected chi connectivity index (χ4v) is 1.54. The Hall–Kier alpha value is -1.03. The van der Waals surface area contributed by atoms with Crippen LogP contribution in [0.15, 0.2) is 11.8 Å². The maximum absolute atomic E-state index is 11.1. The molecule has 4 nitrogen and oxygen atoms in total. The minimum Gasteiger partial charge on any atom is -0.463 e. The second-order valence-corrected chi connectivity index (χ2v) is 3.89. The largest absolute Gasteiger partial charge is 0.463 e. The van der Waals surface area contributed by atoms with E-state index in [2.05, 4.69) is 24.1 Å². The van der Waals surface area contributed by atoms with E-state index in [-0.39, 0.29) is 5.97 Å². The van der Waals surface area contributed by atoms with Crippen molar-refractivity contribution in [2.75, 3.05) is 32.8 Å². The minimum absolute atomic E-state index is 0.277. The Morgan fingerprint density at radius 2 is 1.94 bits per heavy atom. The molecule has 0 aromatic heterocycles. The SMILES string of the molecule is CCOC(=O)C=C(C)NCCCN(CC)CC. The van der Waals surface area contributed by atoms with E-state index in [0.29, 0.717) is 6.61 Å². The van der Waals surface area contributed by atoms with E-state index in [1.54, 1.807) is 6.92 Å². The quantitative estimate of drug-likeness (QED) is 0.380. The van der Waals surface area contributed by atoms with E-state index in [9.17, 15) is 4.79 Å². The van der Waals surface area contributed by atoms with Gasteiger partial charge in [0.15, 0.2) is 0 Å². The maximum Gasteiger partial charge on any atom is 0.332 e. The molecule has 0 fully saturated rings. The molecule has 0 aliphatic carbocycles. The van der Waals surface area contributed by atoms with Gasteiger partial charge >= 0.3 is 5.97 Å². The molecular weight excluding hydrogens is 216 g/mol. The summed E-state index contributed by atoms with van der Waals surface area (Å²) in [6.45, 7) is 12.6. The zero-order chi connectivity index (χ0) is 13.1. The first-order chi connectivity index (χ1) is 8.13. The highest BCUT2D eigenvalue weighted by molar-refractivity contribution is 5.82. The number of carbonyl (C=O) groups excluding carboxylic acids is 1. The highest BCUT2D eigenvalue weighted by Crippen LogP contribution is 1.93. The van der Waals surface area contributed by atoms with Crippen LogP contribution >= 0.6 is 0 Å². The molecule has 17 heavy (non-hydrogen) atoms. The van der Waals surface area contributed by atoms with Gasteiger partial charge in [-0.1, -0.05) is 13.8 Å². The lowest BCUT2D eigenvalue weighted by molar-refractivity contribution is -0.137. The standard InChI is InChI=1S/C13H26N2O2/c1-5-15(6-2)10-8-9-14-12(4)11-13(16)17-7-3/h11,14H,5-10H2,1-4H3. The number of hydrogen-bond donors (Lipinski definition) is 1. The zero-order valence-corrected chi connectivity index (χ0v) is 11.6. The fraction of sp³-hybridized carbons (Fsp3) is 0.769. The van der Waals surface area contributed by atoms with Crippen molar-refractivity contribution in [2.24, 2.45) is 0 Å². The van der Waals surface area contributed by atoms with Gasteiger partial charge in [0.25, 0.3) is 0 Å². The zero-order valence-electron chi connectivity index (χ0n) is 11.6. The van der Waals surface area contributed by atoms with Gasteiger partial charge in [0.2, 0.25) is 0 Å². The maximum atomic E-state index is 11.1. The molecule has 0 aromatic rings. The summed E-state index contributed by atoms with van der Waals surface area (Å²) in [5.74, 6) is -0.277. The number of rotatable bonds is 9. The molecule has 0 aliphatic heterocycles. The number of nitrogens with zero attached hydrogens (tertiary/aromatic N) is 1. The first-order valence-electron chi connectivity index (χ1n) is 6.45. The van der Waals surface area contributed by atoms with Gasteiger partial charge in [0.05, 0.1) is 6.61 Å². The number of nitrogens with one attached hydrogen (secondary N) is 1. The molecule has 0 heterocycles. The molecule has 4 heteroatoms.